The molecular formula is C12H19N3O. The maximum absolute atomic E-state index is 10.9. The average Bonchev–Trinajstić information content (AvgIpc) is 2.17. The molecule has 0 aliphatic heterocycles. The van der Waals surface area contributed by atoms with E-state index in [1.165, 1.54) is 6.20 Å². The molecule has 1 heterocycles. The number of carbonyl (C=O) groups is 1. The van der Waals surface area contributed by atoms with Gasteiger partial charge in [0.2, 0.25) is 5.91 Å². The molecule has 0 radical (unpaired) electrons. The lowest BCUT2D eigenvalue weighted by Crippen LogP contribution is -2.30. The number of nitrogens with one attached hydrogen (secondary N) is 1. The van der Waals surface area contributed by atoms with E-state index >= 15 is 0 Å². The lowest BCUT2D eigenvalue weighted by molar-refractivity contribution is 0.1000. The highest BCUT2D eigenvalue weighted by molar-refractivity contribution is 5.92. The van der Waals surface area contributed by atoms with Gasteiger partial charge < -0.3 is 11.1 Å². The van der Waals surface area contributed by atoms with E-state index in [9.17, 15) is 4.79 Å². The smallest absolute Gasteiger partial charge is 0.250 e. The largest absolute Gasteiger partial charge is 0.366 e. The van der Waals surface area contributed by atoms with Crippen molar-refractivity contribution in [2.75, 3.05) is 5.32 Å². The third-order valence-electron chi connectivity index (χ3n) is 2.39. The Morgan fingerprint density at radius 2 is 2.19 bits per heavy atom. The molecule has 1 amide bonds. The van der Waals surface area contributed by atoms with Crippen LogP contribution in [0.1, 0.15) is 44.0 Å². The summed E-state index contributed by atoms with van der Waals surface area (Å²) in [4.78, 5) is 15.0. The fourth-order valence-electron chi connectivity index (χ4n) is 1.65. The van der Waals surface area contributed by atoms with E-state index in [1.54, 1.807) is 12.1 Å². The highest BCUT2D eigenvalue weighted by Gasteiger charge is 2.16. The minimum atomic E-state index is -0.452. The molecule has 0 unspecified atom stereocenters. The summed E-state index contributed by atoms with van der Waals surface area (Å²) in [6, 6.07) is 3.46. The number of hydrogen-bond acceptors (Lipinski definition) is 3. The minimum Gasteiger partial charge on any atom is -0.366 e. The second kappa shape index (κ2) is 4.96. The molecule has 88 valence electrons. The number of rotatable bonds is 5. The number of anilines is 1. The van der Waals surface area contributed by atoms with Crippen LogP contribution in [0.5, 0.6) is 0 Å². The zero-order valence-corrected chi connectivity index (χ0v) is 10.1. The fourth-order valence-corrected chi connectivity index (χ4v) is 1.65. The molecule has 4 heteroatoms. The van der Waals surface area contributed by atoms with Crippen molar-refractivity contribution in [2.24, 2.45) is 5.73 Å². The lowest BCUT2D eigenvalue weighted by Gasteiger charge is -2.26. The van der Waals surface area contributed by atoms with Crippen LogP contribution in [0.3, 0.4) is 0 Å². The van der Waals surface area contributed by atoms with Crippen LogP contribution in [0.4, 0.5) is 5.82 Å². The summed E-state index contributed by atoms with van der Waals surface area (Å²) in [5, 5.41) is 3.32. The van der Waals surface area contributed by atoms with E-state index in [1.807, 2.05) is 0 Å². The predicted octanol–water partition coefficient (Wildman–Crippen LogP) is 2.17. The molecule has 0 aromatic carbocycles. The maximum Gasteiger partial charge on any atom is 0.250 e. The van der Waals surface area contributed by atoms with Crippen LogP contribution in [0, 0.1) is 0 Å². The summed E-state index contributed by atoms with van der Waals surface area (Å²) in [5.41, 5.74) is 5.58. The molecule has 0 aliphatic carbocycles. The van der Waals surface area contributed by atoms with Gasteiger partial charge in [-0.1, -0.05) is 13.3 Å². The Kier molecular flexibility index (Phi) is 3.88. The molecule has 0 aliphatic rings. The summed E-state index contributed by atoms with van der Waals surface area (Å²) in [7, 11) is 0. The average molecular weight is 221 g/mol. The summed E-state index contributed by atoms with van der Waals surface area (Å²) < 4.78 is 0. The van der Waals surface area contributed by atoms with Crippen LogP contribution in [-0.2, 0) is 0 Å². The topological polar surface area (TPSA) is 68.0 Å². The van der Waals surface area contributed by atoms with Crippen LogP contribution < -0.4 is 11.1 Å². The van der Waals surface area contributed by atoms with Gasteiger partial charge in [-0.3, -0.25) is 4.79 Å². The van der Waals surface area contributed by atoms with Gasteiger partial charge in [0.25, 0.3) is 0 Å². The van der Waals surface area contributed by atoms with Gasteiger partial charge in [0.15, 0.2) is 0 Å². The van der Waals surface area contributed by atoms with Crippen molar-refractivity contribution in [2.45, 2.75) is 39.2 Å². The van der Waals surface area contributed by atoms with E-state index < -0.39 is 5.91 Å². The Morgan fingerprint density at radius 3 is 2.62 bits per heavy atom. The molecule has 3 N–H and O–H groups in total. The predicted molar refractivity (Wildman–Crippen MR) is 65.4 cm³/mol. The number of primary amides is 1. The van der Waals surface area contributed by atoms with Gasteiger partial charge in [0.05, 0.1) is 5.56 Å². The SMILES string of the molecule is CCCC(C)(C)Nc1ccc(C(N)=O)cn1. The maximum atomic E-state index is 10.9. The van der Waals surface area contributed by atoms with Crippen molar-refractivity contribution < 1.29 is 4.79 Å². The molecule has 0 spiro atoms. The van der Waals surface area contributed by atoms with Gasteiger partial charge in [-0.05, 0) is 32.4 Å². The first-order valence-corrected chi connectivity index (χ1v) is 5.48. The number of carbonyl (C=O) groups excluding carboxylic acids is 1. The summed E-state index contributed by atoms with van der Waals surface area (Å²) in [5.74, 6) is 0.315. The van der Waals surface area contributed by atoms with Crippen LogP contribution in [0.25, 0.3) is 0 Å². The quantitative estimate of drug-likeness (QED) is 0.800. The summed E-state index contributed by atoms with van der Waals surface area (Å²) in [6.45, 7) is 6.40. The number of amides is 1. The van der Waals surface area contributed by atoms with Gasteiger partial charge in [0.1, 0.15) is 5.82 Å². The number of nitrogens with two attached hydrogens (primary N) is 1. The van der Waals surface area contributed by atoms with E-state index in [2.05, 4.69) is 31.1 Å². The minimum absolute atomic E-state index is 0.00991. The molecule has 0 atom stereocenters. The zero-order chi connectivity index (χ0) is 12.2. The molecule has 0 fully saturated rings. The molecular weight excluding hydrogens is 202 g/mol. The molecule has 1 aromatic rings. The first kappa shape index (κ1) is 12.5. The lowest BCUT2D eigenvalue weighted by atomic mass is 9.99. The van der Waals surface area contributed by atoms with E-state index in [0.29, 0.717) is 5.56 Å². The van der Waals surface area contributed by atoms with Crippen LogP contribution in [0.2, 0.25) is 0 Å². The molecule has 1 aromatic heterocycles. The van der Waals surface area contributed by atoms with E-state index in [-0.39, 0.29) is 5.54 Å². The van der Waals surface area contributed by atoms with Gasteiger partial charge in [-0.2, -0.15) is 0 Å². The Morgan fingerprint density at radius 1 is 1.50 bits per heavy atom. The third kappa shape index (κ3) is 3.53. The van der Waals surface area contributed by atoms with Crippen molar-refractivity contribution in [1.29, 1.82) is 0 Å². The van der Waals surface area contributed by atoms with E-state index in [4.69, 9.17) is 5.73 Å². The fraction of sp³-hybridized carbons (Fsp3) is 0.500. The second-order valence-electron chi connectivity index (χ2n) is 4.56. The van der Waals surface area contributed by atoms with Gasteiger partial charge in [-0.15, -0.1) is 0 Å². The van der Waals surface area contributed by atoms with Gasteiger partial charge in [-0.25, -0.2) is 4.98 Å². The molecule has 16 heavy (non-hydrogen) atoms. The van der Waals surface area contributed by atoms with Crippen LogP contribution >= 0.6 is 0 Å². The van der Waals surface area contributed by atoms with Crippen molar-refractivity contribution in [3.8, 4) is 0 Å². The second-order valence-corrected chi connectivity index (χ2v) is 4.56. The van der Waals surface area contributed by atoms with Crippen molar-refractivity contribution >= 4 is 11.7 Å². The van der Waals surface area contributed by atoms with Crippen molar-refractivity contribution in [1.82, 2.24) is 4.98 Å². The zero-order valence-electron chi connectivity index (χ0n) is 10.1. The molecule has 1 rings (SSSR count). The van der Waals surface area contributed by atoms with Crippen LogP contribution in [-0.4, -0.2) is 16.4 Å². The Balaban J connectivity index is 2.72. The molecule has 0 saturated carbocycles. The first-order chi connectivity index (χ1) is 7.44. The monoisotopic (exact) mass is 221 g/mol. The molecule has 4 nitrogen and oxygen atoms in total. The highest BCUT2D eigenvalue weighted by Crippen LogP contribution is 2.17. The summed E-state index contributed by atoms with van der Waals surface area (Å²) in [6.07, 6.45) is 3.66. The third-order valence-corrected chi connectivity index (χ3v) is 2.39. The number of hydrogen-bond donors (Lipinski definition) is 2. The highest BCUT2D eigenvalue weighted by atomic mass is 16.1. The number of pyridine rings is 1. The normalized spacial score (nSPS) is 11.2. The Labute approximate surface area is 96.3 Å². The molecule has 0 saturated heterocycles. The first-order valence-electron chi connectivity index (χ1n) is 5.48. The van der Waals surface area contributed by atoms with Crippen molar-refractivity contribution in [3.05, 3.63) is 23.9 Å². The Hall–Kier alpha value is -1.58. The van der Waals surface area contributed by atoms with E-state index in [0.717, 1.165) is 18.7 Å². The standard InChI is InChI=1S/C12H19N3O/c1-4-7-12(2,3)15-10-6-5-9(8-14-10)11(13)16/h5-6,8H,4,7H2,1-3H3,(H2,13,16)(H,14,15). The van der Waals surface area contributed by atoms with Gasteiger partial charge >= 0.3 is 0 Å². The molecule has 0 bridgehead atoms. The number of nitrogens with zero attached hydrogens (tertiary/aromatic N) is 1. The van der Waals surface area contributed by atoms with Crippen molar-refractivity contribution in [3.63, 3.8) is 0 Å². The van der Waals surface area contributed by atoms with Crippen LogP contribution in [0.15, 0.2) is 18.3 Å². The summed E-state index contributed by atoms with van der Waals surface area (Å²) >= 11 is 0. The Bertz CT molecular complexity index is 357. The van der Waals surface area contributed by atoms with Gasteiger partial charge in [0, 0.05) is 11.7 Å². The number of aromatic nitrogens is 1.